The van der Waals surface area contributed by atoms with Gasteiger partial charge < -0.3 is 15.4 Å². The summed E-state index contributed by atoms with van der Waals surface area (Å²) in [6.07, 6.45) is 5.63. The Balaban J connectivity index is 2.07. The second-order valence-electron chi connectivity index (χ2n) is 5.53. The first-order valence-electron chi connectivity index (χ1n) is 6.58. The number of ether oxygens (including phenoxy) is 1. The molecule has 0 unspecified atom stereocenters. The van der Waals surface area contributed by atoms with Gasteiger partial charge in [-0.05, 0) is 58.7 Å². The van der Waals surface area contributed by atoms with E-state index in [2.05, 4.69) is 25.8 Å². The van der Waals surface area contributed by atoms with Crippen LogP contribution in [-0.2, 0) is 4.74 Å². The second-order valence-corrected chi connectivity index (χ2v) is 5.53. The van der Waals surface area contributed by atoms with Crippen molar-refractivity contribution in [3.8, 4) is 0 Å². The van der Waals surface area contributed by atoms with Crippen molar-refractivity contribution in [2.24, 2.45) is 11.1 Å². The Bertz CT molecular complexity index is 185. The molecule has 0 spiro atoms. The van der Waals surface area contributed by atoms with Gasteiger partial charge in [0.15, 0.2) is 0 Å². The zero-order valence-electron chi connectivity index (χ0n) is 11.2. The standard InChI is InChI=1S/C13H28N2O/c1-12(2)16-10-9-15(3)8-7-13(11-14)5-4-6-13/h12H,4-11,14H2,1-3H3. The van der Waals surface area contributed by atoms with Gasteiger partial charge in [-0.3, -0.25) is 0 Å². The zero-order chi connectivity index (χ0) is 12.0. The van der Waals surface area contributed by atoms with Crippen LogP contribution in [0.1, 0.15) is 39.5 Å². The summed E-state index contributed by atoms with van der Waals surface area (Å²) in [5.41, 5.74) is 6.33. The largest absolute Gasteiger partial charge is 0.377 e. The first kappa shape index (κ1) is 13.9. The smallest absolute Gasteiger partial charge is 0.0596 e. The van der Waals surface area contributed by atoms with Crippen molar-refractivity contribution in [1.29, 1.82) is 0 Å². The normalized spacial score (nSPS) is 19.1. The summed E-state index contributed by atoms with van der Waals surface area (Å²) < 4.78 is 5.54. The van der Waals surface area contributed by atoms with Crippen LogP contribution in [0.25, 0.3) is 0 Å². The van der Waals surface area contributed by atoms with Gasteiger partial charge in [0.1, 0.15) is 0 Å². The van der Waals surface area contributed by atoms with Crippen LogP contribution in [0.4, 0.5) is 0 Å². The van der Waals surface area contributed by atoms with Gasteiger partial charge in [-0.1, -0.05) is 6.42 Å². The lowest BCUT2D eigenvalue weighted by atomic mass is 9.67. The van der Waals surface area contributed by atoms with Crippen LogP contribution in [0, 0.1) is 5.41 Å². The maximum Gasteiger partial charge on any atom is 0.0596 e. The van der Waals surface area contributed by atoms with Crippen molar-refractivity contribution >= 4 is 0 Å². The first-order valence-corrected chi connectivity index (χ1v) is 6.58. The number of hydrogen-bond acceptors (Lipinski definition) is 3. The molecule has 0 amide bonds. The Hall–Kier alpha value is -0.120. The molecular formula is C13H28N2O. The predicted molar refractivity (Wildman–Crippen MR) is 68.5 cm³/mol. The molecule has 0 bridgehead atoms. The molecule has 3 heteroatoms. The molecule has 0 aromatic heterocycles. The Morgan fingerprint density at radius 2 is 2.00 bits per heavy atom. The van der Waals surface area contributed by atoms with E-state index in [1.165, 1.54) is 25.7 Å². The van der Waals surface area contributed by atoms with Crippen molar-refractivity contribution in [3.05, 3.63) is 0 Å². The highest BCUT2D eigenvalue weighted by Crippen LogP contribution is 2.42. The van der Waals surface area contributed by atoms with E-state index in [4.69, 9.17) is 10.5 Å². The van der Waals surface area contributed by atoms with Gasteiger partial charge in [0.25, 0.3) is 0 Å². The van der Waals surface area contributed by atoms with E-state index in [0.717, 1.165) is 26.2 Å². The summed E-state index contributed by atoms with van der Waals surface area (Å²) in [5.74, 6) is 0. The topological polar surface area (TPSA) is 38.5 Å². The minimum absolute atomic E-state index is 0.343. The van der Waals surface area contributed by atoms with Gasteiger partial charge in [0, 0.05) is 6.54 Å². The van der Waals surface area contributed by atoms with Crippen molar-refractivity contribution < 1.29 is 4.74 Å². The van der Waals surface area contributed by atoms with Crippen molar-refractivity contribution in [2.75, 3.05) is 33.3 Å². The van der Waals surface area contributed by atoms with E-state index >= 15 is 0 Å². The molecule has 96 valence electrons. The monoisotopic (exact) mass is 228 g/mol. The van der Waals surface area contributed by atoms with E-state index < -0.39 is 0 Å². The van der Waals surface area contributed by atoms with Gasteiger partial charge in [-0.25, -0.2) is 0 Å². The highest BCUT2D eigenvalue weighted by molar-refractivity contribution is 4.88. The fourth-order valence-electron chi connectivity index (χ4n) is 2.22. The Labute approximate surface area is 100 Å². The summed E-state index contributed by atoms with van der Waals surface area (Å²) in [5, 5.41) is 0. The quantitative estimate of drug-likeness (QED) is 0.689. The lowest BCUT2D eigenvalue weighted by molar-refractivity contribution is 0.0559. The summed E-state index contributed by atoms with van der Waals surface area (Å²) in [7, 11) is 2.17. The number of nitrogens with two attached hydrogens (primary N) is 1. The van der Waals surface area contributed by atoms with E-state index in [9.17, 15) is 0 Å². The Morgan fingerprint density at radius 3 is 2.44 bits per heavy atom. The van der Waals surface area contributed by atoms with Crippen LogP contribution in [-0.4, -0.2) is 44.3 Å². The molecule has 1 aliphatic rings. The fraction of sp³-hybridized carbons (Fsp3) is 1.00. The second kappa shape index (κ2) is 6.58. The summed E-state index contributed by atoms with van der Waals surface area (Å²) in [6.45, 7) is 8.04. The molecule has 1 aliphatic carbocycles. The number of hydrogen-bond donors (Lipinski definition) is 1. The average Bonchev–Trinajstić information content (AvgIpc) is 2.16. The van der Waals surface area contributed by atoms with Gasteiger partial charge in [0.05, 0.1) is 12.7 Å². The van der Waals surface area contributed by atoms with E-state index in [1.807, 2.05) is 0 Å². The minimum atomic E-state index is 0.343. The SMILES string of the molecule is CC(C)OCCN(C)CCC1(CN)CCC1. The number of nitrogens with zero attached hydrogens (tertiary/aromatic N) is 1. The molecule has 0 saturated heterocycles. The van der Waals surface area contributed by atoms with Crippen LogP contribution < -0.4 is 5.73 Å². The molecular weight excluding hydrogens is 200 g/mol. The summed E-state index contributed by atoms with van der Waals surface area (Å²) in [6, 6.07) is 0. The summed E-state index contributed by atoms with van der Waals surface area (Å²) in [4.78, 5) is 2.36. The molecule has 0 aliphatic heterocycles. The van der Waals surface area contributed by atoms with Crippen LogP contribution >= 0.6 is 0 Å². The molecule has 1 rings (SSSR count). The lowest BCUT2D eigenvalue weighted by Crippen LogP contribution is -2.40. The van der Waals surface area contributed by atoms with Crippen molar-refractivity contribution in [1.82, 2.24) is 4.90 Å². The zero-order valence-corrected chi connectivity index (χ0v) is 11.2. The van der Waals surface area contributed by atoms with E-state index in [0.29, 0.717) is 11.5 Å². The number of likely N-dealkylation sites (N-methyl/N-ethyl adjacent to an activating group) is 1. The highest BCUT2D eigenvalue weighted by Gasteiger charge is 2.34. The minimum Gasteiger partial charge on any atom is -0.377 e. The maximum atomic E-state index is 5.85. The van der Waals surface area contributed by atoms with Gasteiger partial charge in [-0.2, -0.15) is 0 Å². The molecule has 0 atom stereocenters. The van der Waals surface area contributed by atoms with Crippen LogP contribution in [0.15, 0.2) is 0 Å². The molecule has 0 heterocycles. The molecule has 0 aromatic carbocycles. The molecule has 1 fully saturated rings. The Kier molecular flexibility index (Phi) is 5.73. The molecule has 0 radical (unpaired) electrons. The van der Waals surface area contributed by atoms with E-state index in [-0.39, 0.29) is 0 Å². The van der Waals surface area contributed by atoms with Crippen molar-refractivity contribution in [2.45, 2.75) is 45.6 Å². The van der Waals surface area contributed by atoms with Gasteiger partial charge in [-0.15, -0.1) is 0 Å². The third-order valence-electron chi connectivity index (χ3n) is 3.80. The average molecular weight is 228 g/mol. The number of rotatable bonds is 8. The molecule has 0 aromatic rings. The first-order chi connectivity index (χ1) is 7.58. The van der Waals surface area contributed by atoms with Gasteiger partial charge >= 0.3 is 0 Å². The van der Waals surface area contributed by atoms with Crippen LogP contribution in [0.5, 0.6) is 0 Å². The predicted octanol–water partition coefficient (Wildman–Crippen LogP) is 1.86. The highest BCUT2D eigenvalue weighted by atomic mass is 16.5. The third kappa shape index (κ3) is 4.40. The van der Waals surface area contributed by atoms with Gasteiger partial charge in [0.2, 0.25) is 0 Å². The molecule has 2 N–H and O–H groups in total. The third-order valence-corrected chi connectivity index (χ3v) is 3.80. The van der Waals surface area contributed by atoms with Crippen molar-refractivity contribution in [3.63, 3.8) is 0 Å². The molecule has 16 heavy (non-hydrogen) atoms. The summed E-state index contributed by atoms with van der Waals surface area (Å²) >= 11 is 0. The Morgan fingerprint density at radius 1 is 1.31 bits per heavy atom. The van der Waals surface area contributed by atoms with Crippen LogP contribution in [0.3, 0.4) is 0 Å². The van der Waals surface area contributed by atoms with Crippen LogP contribution in [0.2, 0.25) is 0 Å². The lowest BCUT2D eigenvalue weighted by Gasteiger charge is -2.42. The molecule has 1 saturated carbocycles. The molecule has 3 nitrogen and oxygen atoms in total. The maximum absolute atomic E-state index is 5.85. The fourth-order valence-corrected chi connectivity index (χ4v) is 2.22. The van der Waals surface area contributed by atoms with E-state index in [1.54, 1.807) is 0 Å².